The first-order valence-electron chi connectivity index (χ1n) is 6.95. The molecule has 0 saturated carbocycles. The molecule has 0 aliphatic rings. The second-order valence-corrected chi connectivity index (χ2v) is 6.31. The summed E-state index contributed by atoms with van der Waals surface area (Å²) in [5.74, 6) is 1.89. The van der Waals surface area contributed by atoms with Crippen molar-refractivity contribution in [1.82, 2.24) is 5.32 Å². The highest BCUT2D eigenvalue weighted by Gasteiger charge is 2.15. The van der Waals surface area contributed by atoms with Crippen LogP contribution in [0, 0.1) is 11.8 Å². The van der Waals surface area contributed by atoms with Crippen molar-refractivity contribution in [3.63, 3.8) is 0 Å². The molecule has 18 heavy (non-hydrogen) atoms. The number of hydrogen-bond acceptors (Lipinski definition) is 1. The number of halogens is 1. The van der Waals surface area contributed by atoms with Gasteiger partial charge in [0.2, 0.25) is 0 Å². The Morgan fingerprint density at radius 2 is 1.67 bits per heavy atom. The molecule has 0 heterocycles. The van der Waals surface area contributed by atoms with Crippen LogP contribution in [0.2, 0.25) is 5.02 Å². The zero-order valence-corrected chi connectivity index (χ0v) is 12.8. The van der Waals surface area contributed by atoms with Gasteiger partial charge in [-0.2, -0.15) is 0 Å². The highest BCUT2D eigenvalue weighted by atomic mass is 35.5. The monoisotopic (exact) mass is 267 g/mol. The Kier molecular flexibility index (Phi) is 6.73. The first kappa shape index (κ1) is 15.5. The number of benzene rings is 1. The molecule has 1 N–H and O–H groups in total. The van der Waals surface area contributed by atoms with Crippen LogP contribution in [0.5, 0.6) is 0 Å². The van der Waals surface area contributed by atoms with Crippen LogP contribution < -0.4 is 5.32 Å². The molecule has 0 fully saturated rings. The molecule has 0 amide bonds. The third-order valence-electron chi connectivity index (χ3n) is 3.04. The van der Waals surface area contributed by atoms with Gasteiger partial charge in [-0.25, -0.2) is 0 Å². The van der Waals surface area contributed by atoms with Gasteiger partial charge in [-0.1, -0.05) is 57.5 Å². The van der Waals surface area contributed by atoms with E-state index in [1.54, 1.807) is 0 Å². The van der Waals surface area contributed by atoms with E-state index in [0.29, 0.717) is 17.8 Å². The predicted molar refractivity (Wildman–Crippen MR) is 81.4 cm³/mol. The molecule has 1 unspecified atom stereocenters. The van der Waals surface area contributed by atoms with Crippen molar-refractivity contribution in [3.05, 3.63) is 34.9 Å². The van der Waals surface area contributed by atoms with Gasteiger partial charge in [0.25, 0.3) is 0 Å². The van der Waals surface area contributed by atoms with Crippen LogP contribution in [0.1, 0.15) is 45.6 Å². The van der Waals surface area contributed by atoms with Crippen molar-refractivity contribution in [3.8, 4) is 0 Å². The lowest BCUT2D eigenvalue weighted by molar-refractivity contribution is 0.452. The molecule has 0 spiro atoms. The number of hydrogen-bond donors (Lipinski definition) is 1. The molecular formula is C16H26ClN. The Bertz CT molecular complexity index is 347. The van der Waals surface area contributed by atoms with Gasteiger partial charge in [0.1, 0.15) is 0 Å². The summed E-state index contributed by atoms with van der Waals surface area (Å²) in [6, 6.07) is 8.23. The molecule has 0 aliphatic heterocycles. The molecule has 1 nitrogen and oxygen atoms in total. The van der Waals surface area contributed by atoms with Crippen LogP contribution in [0.3, 0.4) is 0 Å². The summed E-state index contributed by atoms with van der Waals surface area (Å²) in [4.78, 5) is 0. The highest BCUT2D eigenvalue weighted by Crippen LogP contribution is 2.29. The third-order valence-corrected chi connectivity index (χ3v) is 3.39. The van der Waals surface area contributed by atoms with E-state index in [9.17, 15) is 0 Å². The van der Waals surface area contributed by atoms with Gasteiger partial charge in [-0.15, -0.1) is 0 Å². The quantitative estimate of drug-likeness (QED) is 0.754. The molecule has 1 rings (SSSR count). The lowest BCUT2D eigenvalue weighted by atomic mass is 9.90. The van der Waals surface area contributed by atoms with Crippen molar-refractivity contribution in [2.24, 2.45) is 11.8 Å². The molecule has 1 atom stereocenters. The summed E-state index contributed by atoms with van der Waals surface area (Å²) in [6.07, 6.45) is 1.18. The fourth-order valence-electron chi connectivity index (χ4n) is 2.24. The minimum atomic E-state index is 0.512. The van der Waals surface area contributed by atoms with Gasteiger partial charge in [-0.3, -0.25) is 0 Å². The Hall–Kier alpha value is -0.530. The molecule has 0 bridgehead atoms. The standard InChI is InChI=1S/C16H26ClN/c1-12(2)9-14(11-18-10-13(3)4)15-7-5-6-8-16(15)17/h5-8,12-14,18H,9-11H2,1-4H3. The summed E-state index contributed by atoms with van der Waals surface area (Å²) in [7, 11) is 0. The SMILES string of the molecule is CC(C)CNCC(CC(C)C)c1ccccc1Cl. The Morgan fingerprint density at radius 1 is 1.00 bits per heavy atom. The smallest absolute Gasteiger partial charge is 0.0441 e. The topological polar surface area (TPSA) is 12.0 Å². The third kappa shape index (κ3) is 5.41. The summed E-state index contributed by atoms with van der Waals surface area (Å²) in [5, 5.41) is 4.46. The van der Waals surface area contributed by atoms with E-state index < -0.39 is 0 Å². The van der Waals surface area contributed by atoms with Crippen molar-refractivity contribution >= 4 is 11.6 Å². The van der Waals surface area contributed by atoms with Crippen LogP contribution in [0.4, 0.5) is 0 Å². The molecule has 1 aromatic carbocycles. The molecule has 0 radical (unpaired) electrons. The summed E-state index contributed by atoms with van der Waals surface area (Å²) >= 11 is 6.32. The Balaban J connectivity index is 2.69. The molecule has 0 saturated heterocycles. The Labute approximate surface area is 117 Å². The lowest BCUT2D eigenvalue weighted by Gasteiger charge is -2.22. The number of rotatable bonds is 7. The minimum Gasteiger partial charge on any atom is -0.316 e. The molecular weight excluding hydrogens is 242 g/mol. The van der Waals surface area contributed by atoms with Crippen molar-refractivity contribution < 1.29 is 0 Å². The molecule has 0 aliphatic carbocycles. The van der Waals surface area contributed by atoms with Crippen molar-refractivity contribution in [1.29, 1.82) is 0 Å². The van der Waals surface area contributed by atoms with Crippen molar-refractivity contribution in [2.45, 2.75) is 40.0 Å². The second-order valence-electron chi connectivity index (χ2n) is 5.90. The van der Waals surface area contributed by atoms with Gasteiger partial charge in [0.15, 0.2) is 0 Å². The van der Waals surface area contributed by atoms with E-state index in [1.165, 1.54) is 12.0 Å². The van der Waals surface area contributed by atoms with E-state index in [1.807, 2.05) is 12.1 Å². The fraction of sp³-hybridized carbons (Fsp3) is 0.625. The Morgan fingerprint density at radius 3 is 2.22 bits per heavy atom. The molecule has 1 aromatic rings. The molecule has 0 aromatic heterocycles. The number of nitrogens with one attached hydrogen (secondary N) is 1. The van der Waals surface area contributed by atoms with Crippen LogP contribution in [-0.4, -0.2) is 13.1 Å². The highest BCUT2D eigenvalue weighted by molar-refractivity contribution is 6.31. The van der Waals surface area contributed by atoms with Gasteiger partial charge in [0, 0.05) is 11.6 Å². The van der Waals surface area contributed by atoms with Crippen LogP contribution in [0.15, 0.2) is 24.3 Å². The average molecular weight is 268 g/mol. The largest absolute Gasteiger partial charge is 0.316 e. The maximum absolute atomic E-state index is 6.32. The molecule has 2 heteroatoms. The predicted octanol–water partition coefficient (Wildman–Crippen LogP) is 4.72. The van der Waals surface area contributed by atoms with Crippen LogP contribution >= 0.6 is 11.6 Å². The van der Waals surface area contributed by atoms with E-state index >= 15 is 0 Å². The van der Waals surface area contributed by atoms with Crippen LogP contribution in [0.25, 0.3) is 0 Å². The van der Waals surface area contributed by atoms with E-state index in [4.69, 9.17) is 11.6 Å². The zero-order valence-electron chi connectivity index (χ0n) is 12.0. The maximum atomic E-state index is 6.32. The lowest BCUT2D eigenvalue weighted by Crippen LogP contribution is -2.26. The first-order chi connectivity index (χ1) is 8.50. The van der Waals surface area contributed by atoms with E-state index in [2.05, 4.69) is 45.1 Å². The molecule has 102 valence electrons. The minimum absolute atomic E-state index is 0.512. The first-order valence-corrected chi connectivity index (χ1v) is 7.33. The van der Waals surface area contributed by atoms with E-state index in [0.717, 1.165) is 18.1 Å². The summed E-state index contributed by atoms with van der Waals surface area (Å²) in [6.45, 7) is 11.1. The van der Waals surface area contributed by atoms with Gasteiger partial charge in [-0.05, 0) is 42.3 Å². The van der Waals surface area contributed by atoms with Gasteiger partial charge in [0.05, 0.1) is 0 Å². The van der Waals surface area contributed by atoms with Crippen molar-refractivity contribution in [2.75, 3.05) is 13.1 Å². The van der Waals surface area contributed by atoms with Gasteiger partial charge >= 0.3 is 0 Å². The summed E-state index contributed by atoms with van der Waals surface area (Å²) in [5.41, 5.74) is 1.28. The summed E-state index contributed by atoms with van der Waals surface area (Å²) < 4.78 is 0. The maximum Gasteiger partial charge on any atom is 0.0441 e. The second kappa shape index (κ2) is 7.81. The zero-order chi connectivity index (χ0) is 13.5. The average Bonchev–Trinajstić information content (AvgIpc) is 2.27. The fourth-order valence-corrected chi connectivity index (χ4v) is 2.53. The van der Waals surface area contributed by atoms with Gasteiger partial charge < -0.3 is 5.32 Å². The normalized spacial score (nSPS) is 13.3. The van der Waals surface area contributed by atoms with E-state index in [-0.39, 0.29) is 0 Å². The van der Waals surface area contributed by atoms with Crippen LogP contribution in [-0.2, 0) is 0 Å².